The molecule has 1 N–H and O–H groups in total. The van der Waals surface area contributed by atoms with E-state index in [4.69, 9.17) is 11.6 Å². The van der Waals surface area contributed by atoms with Gasteiger partial charge in [-0.1, -0.05) is 23.7 Å². The molecule has 6 heteroatoms. The van der Waals surface area contributed by atoms with Crippen LogP contribution < -0.4 is 5.32 Å². The van der Waals surface area contributed by atoms with Crippen molar-refractivity contribution in [3.63, 3.8) is 0 Å². The minimum Gasteiger partial charge on any atom is -0.468 e. The van der Waals surface area contributed by atoms with Gasteiger partial charge in [0.05, 0.1) is 30.9 Å². The fraction of sp³-hybridized carbons (Fsp3) is 0.333. The first-order chi connectivity index (χ1) is 8.52. The highest BCUT2D eigenvalue weighted by molar-refractivity contribution is 6.33. The molecule has 0 spiro atoms. The molecule has 1 amide bonds. The van der Waals surface area contributed by atoms with E-state index in [1.807, 2.05) is 0 Å². The summed E-state index contributed by atoms with van der Waals surface area (Å²) in [5.74, 6) is -0.627. The second kappa shape index (κ2) is 6.98. The van der Waals surface area contributed by atoms with Crippen molar-refractivity contribution in [2.75, 3.05) is 32.6 Å². The number of esters is 1. The largest absolute Gasteiger partial charge is 0.468 e. The summed E-state index contributed by atoms with van der Waals surface area (Å²) in [7, 11) is 2.96. The Morgan fingerprint density at radius 1 is 1.33 bits per heavy atom. The van der Waals surface area contributed by atoms with E-state index in [0.29, 0.717) is 10.7 Å². The Kier molecular flexibility index (Phi) is 5.61. The predicted molar refractivity (Wildman–Crippen MR) is 69.6 cm³/mol. The first-order valence-electron chi connectivity index (χ1n) is 5.32. The highest BCUT2D eigenvalue weighted by Gasteiger charge is 2.11. The molecule has 1 aromatic rings. The number of carbonyl (C=O) groups is 2. The van der Waals surface area contributed by atoms with Crippen LogP contribution in [0.25, 0.3) is 0 Å². The highest BCUT2D eigenvalue weighted by atomic mass is 35.5. The van der Waals surface area contributed by atoms with E-state index >= 15 is 0 Å². The maximum absolute atomic E-state index is 11.7. The van der Waals surface area contributed by atoms with E-state index in [1.165, 1.54) is 7.11 Å². The summed E-state index contributed by atoms with van der Waals surface area (Å²) in [5.41, 5.74) is 0.552. The number of hydrogen-bond donors (Lipinski definition) is 1. The number of amides is 1. The van der Waals surface area contributed by atoms with Crippen LogP contribution in [-0.4, -0.2) is 44.0 Å². The molecule has 1 rings (SSSR count). The number of para-hydroxylation sites is 1. The van der Waals surface area contributed by atoms with E-state index in [9.17, 15) is 9.59 Å². The molecule has 0 heterocycles. The van der Waals surface area contributed by atoms with Gasteiger partial charge in [0.15, 0.2) is 0 Å². The monoisotopic (exact) mass is 270 g/mol. The molecular weight excluding hydrogens is 256 g/mol. The van der Waals surface area contributed by atoms with Crippen molar-refractivity contribution in [2.45, 2.75) is 0 Å². The third-order valence-corrected chi connectivity index (χ3v) is 2.52. The van der Waals surface area contributed by atoms with Gasteiger partial charge in [-0.15, -0.1) is 0 Å². The number of hydrogen-bond acceptors (Lipinski definition) is 4. The van der Waals surface area contributed by atoms with Crippen LogP contribution in [0, 0.1) is 0 Å². The van der Waals surface area contributed by atoms with E-state index < -0.39 is 0 Å². The van der Waals surface area contributed by atoms with Crippen molar-refractivity contribution >= 4 is 29.2 Å². The van der Waals surface area contributed by atoms with Gasteiger partial charge in [0, 0.05) is 0 Å². The minimum atomic E-state index is -0.386. The van der Waals surface area contributed by atoms with E-state index in [-0.39, 0.29) is 25.0 Å². The van der Waals surface area contributed by atoms with Gasteiger partial charge in [-0.3, -0.25) is 14.5 Å². The van der Waals surface area contributed by atoms with Crippen molar-refractivity contribution in [1.29, 1.82) is 0 Å². The Balaban J connectivity index is 2.47. The third kappa shape index (κ3) is 4.73. The molecule has 5 nitrogen and oxygen atoms in total. The number of methoxy groups -OCH3 is 1. The van der Waals surface area contributed by atoms with Crippen LogP contribution in [0.5, 0.6) is 0 Å². The maximum Gasteiger partial charge on any atom is 0.319 e. The molecule has 0 aliphatic heterocycles. The number of nitrogens with zero attached hydrogens (tertiary/aromatic N) is 1. The highest BCUT2D eigenvalue weighted by Crippen LogP contribution is 2.20. The molecule has 0 fully saturated rings. The molecule has 0 saturated carbocycles. The first-order valence-corrected chi connectivity index (χ1v) is 5.70. The summed E-state index contributed by atoms with van der Waals surface area (Å²) in [4.78, 5) is 24.2. The van der Waals surface area contributed by atoms with E-state index in [0.717, 1.165) is 0 Å². The minimum absolute atomic E-state index is 0.0619. The van der Waals surface area contributed by atoms with Crippen molar-refractivity contribution in [3.8, 4) is 0 Å². The number of ether oxygens (including phenoxy) is 1. The molecule has 0 atom stereocenters. The molecule has 18 heavy (non-hydrogen) atoms. The average Bonchev–Trinajstić information content (AvgIpc) is 2.31. The van der Waals surface area contributed by atoms with Crippen molar-refractivity contribution in [2.24, 2.45) is 0 Å². The zero-order valence-corrected chi connectivity index (χ0v) is 11.0. The van der Waals surface area contributed by atoms with Gasteiger partial charge < -0.3 is 10.1 Å². The zero-order chi connectivity index (χ0) is 13.5. The molecule has 0 aliphatic rings. The number of halogens is 1. The summed E-state index contributed by atoms with van der Waals surface area (Å²) in [6.45, 7) is 0.146. The van der Waals surface area contributed by atoms with Crippen LogP contribution in [0.3, 0.4) is 0 Å². The van der Waals surface area contributed by atoms with Crippen molar-refractivity contribution in [3.05, 3.63) is 29.3 Å². The van der Waals surface area contributed by atoms with Gasteiger partial charge in [0.2, 0.25) is 5.91 Å². The normalized spacial score (nSPS) is 10.2. The summed E-state index contributed by atoms with van der Waals surface area (Å²) in [5, 5.41) is 3.14. The lowest BCUT2D eigenvalue weighted by molar-refractivity contribution is -0.141. The molecule has 0 radical (unpaired) electrons. The Morgan fingerprint density at radius 3 is 2.61 bits per heavy atom. The number of rotatable bonds is 5. The number of nitrogens with one attached hydrogen (secondary N) is 1. The fourth-order valence-electron chi connectivity index (χ4n) is 1.34. The van der Waals surface area contributed by atoms with Gasteiger partial charge >= 0.3 is 5.97 Å². The molecule has 0 aliphatic carbocycles. The van der Waals surface area contributed by atoms with E-state index in [1.54, 1.807) is 36.2 Å². The second-order valence-electron chi connectivity index (χ2n) is 3.78. The van der Waals surface area contributed by atoms with Gasteiger partial charge in [0.25, 0.3) is 0 Å². The number of anilines is 1. The van der Waals surface area contributed by atoms with E-state index in [2.05, 4.69) is 10.1 Å². The maximum atomic E-state index is 11.7. The lowest BCUT2D eigenvalue weighted by Crippen LogP contribution is -2.34. The standard InChI is InChI=1S/C12H15ClN2O3/c1-15(8-12(17)18-2)7-11(16)14-10-6-4-3-5-9(10)13/h3-6H,7-8H2,1-2H3,(H,14,16). The van der Waals surface area contributed by atoms with Crippen molar-refractivity contribution in [1.82, 2.24) is 4.90 Å². The Hall–Kier alpha value is -1.59. The van der Waals surface area contributed by atoms with Crippen LogP contribution in [0.15, 0.2) is 24.3 Å². The number of benzene rings is 1. The zero-order valence-electron chi connectivity index (χ0n) is 10.3. The average molecular weight is 271 g/mol. The summed E-state index contributed by atoms with van der Waals surface area (Å²) in [6.07, 6.45) is 0. The van der Waals surface area contributed by atoms with Gasteiger partial charge in [-0.2, -0.15) is 0 Å². The van der Waals surface area contributed by atoms with Crippen LogP contribution in [-0.2, 0) is 14.3 Å². The molecular formula is C12H15ClN2O3. The van der Waals surface area contributed by atoms with Gasteiger partial charge in [-0.25, -0.2) is 0 Å². The van der Waals surface area contributed by atoms with Crippen LogP contribution in [0.4, 0.5) is 5.69 Å². The van der Waals surface area contributed by atoms with Crippen LogP contribution in [0.2, 0.25) is 5.02 Å². The molecule has 0 unspecified atom stereocenters. The number of likely N-dealkylation sites (N-methyl/N-ethyl adjacent to an activating group) is 1. The molecule has 1 aromatic carbocycles. The third-order valence-electron chi connectivity index (χ3n) is 2.19. The summed E-state index contributed by atoms with van der Waals surface area (Å²) < 4.78 is 4.51. The molecule has 0 bridgehead atoms. The fourth-order valence-corrected chi connectivity index (χ4v) is 1.52. The van der Waals surface area contributed by atoms with Gasteiger partial charge in [0.1, 0.15) is 0 Å². The van der Waals surface area contributed by atoms with Gasteiger partial charge in [-0.05, 0) is 19.2 Å². The predicted octanol–water partition coefficient (Wildman–Crippen LogP) is 1.38. The number of carbonyl (C=O) groups excluding carboxylic acids is 2. The lowest BCUT2D eigenvalue weighted by atomic mass is 10.3. The first kappa shape index (κ1) is 14.5. The topological polar surface area (TPSA) is 58.6 Å². The second-order valence-corrected chi connectivity index (χ2v) is 4.18. The smallest absolute Gasteiger partial charge is 0.319 e. The van der Waals surface area contributed by atoms with Crippen LogP contribution in [0.1, 0.15) is 0 Å². The quantitative estimate of drug-likeness (QED) is 0.822. The molecule has 98 valence electrons. The Bertz CT molecular complexity index is 437. The lowest BCUT2D eigenvalue weighted by Gasteiger charge is -2.15. The van der Waals surface area contributed by atoms with Crippen LogP contribution >= 0.6 is 11.6 Å². The Morgan fingerprint density at radius 2 is 2.00 bits per heavy atom. The Labute approximate surface area is 111 Å². The summed E-state index contributed by atoms with van der Waals surface area (Å²) in [6, 6.07) is 6.96. The van der Waals surface area contributed by atoms with Crippen molar-refractivity contribution < 1.29 is 14.3 Å². The molecule has 0 aromatic heterocycles. The summed E-state index contributed by atoms with van der Waals surface area (Å²) >= 11 is 5.91. The SMILES string of the molecule is COC(=O)CN(C)CC(=O)Nc1ccccc1Cl. The molecule has 0 saturated heterocycles.